The fourth-order valence-electron chi connectivity index (χ4n) is 1.04. The van der Waals surface area contributed by atoms with Crippen LogP contribution in [0.25, 0.3) is 0 Å². The number of carboxylic acids is 1. The number of hydrogen-bond acceptors (Lipinski definition) is 6. The van der Waals surface area contributed by atoms with E-state index >= 15 is 0 Å². The summed E-state index contributed by atoms with van der Waals surface area (Å²) in [5, 5.41) is 8.44. The second-order valence-corrected chi connectivity index (χ2v) is 7.02. The number of aliphatic carboxylic acids is 1. The van der Waals surface area contributed by atoms with E-state index in [2.05, 4.69) is 0 Å². The maximum Gasteiger partial charge on any atom is 0.313 e. The Morgan fingerprint density at radius 3 is 1.60 bits per heavy atom. The lowest BCUT2D eigenvalue weighted by Crippen LogP contribution is -2.27. The van der Waals surface area contributed by atoms with E-state index in [1.807, 2.05) is 13.8 Å². The first-order valence-corrected chi connectivity index (χ1v) is 8.35. The molecule has 0 saturated carbocycles. The Kier molecular flexibility index (Phi) is 11.8. The van der Waals surface area contributed by atoms with Gasteiger partial charge in [-0.25, -0.2) is 0 Å². The Hall–Kier alpha value is -1.92. The molecule has 0 aliphatic carbocycles. The summed E-state index contributed by atoms with van der Waals surface area (Å²) in [6.07, 6.45) is 1.12. The predicted molar refractivity (Wildman–Crippen MR) is 93.0 cm³/mol. The van der Waals surface area contributed by atoms with Crippen molar-refractivity contribution in [3.8, 4) is 0 Å². The molecule has 0 atom stereocenters. The molecule has 0 heterocycles. The van der Waals surface area contributed by atoms with Crippen LogP contribution >= 0.6 is 0 Å². The standard InChI is InChI=1S/C12H20O5.C6H12O2/c1-5-12(3,4)11(15)17-7-6-16-10(14)8-9(2)13;1-4-6(2,3)5(7)8/h5-8H2,1-4H3;4H2,1-3H3,(H,7,8). The molecule has 0 aromatic heterocycles. The van der Waals surface area contributed by atoms with E-state index < -0.39 is 22.8 Å². The highest BCUT2D eigenvalue weighted by Crippen LogP contribution is 2.21. The van der Waals surface area contributed by atoms with Gasteiger partial charge in [-0.15, -0.1) is 0 Å². The van der Waals surface area contributed by atoms with Gasteiger partial charge in [0.05, 0.1) is 10.8 Å². The van der Waals surface area contributed by atoms with Crippen LogP contribution in [0.3, 0.4) is 0 Å². The Bertz CT molecular complexity index is 464. The number of ether oxygens (including phenoxy) is 2. The van der Waals surface area contributed by atoms with E-state index in [4.69, 9.17) is 14.6 Å². The van der Waals surface area contributed by atoms with Crippen molar-refractivity contribution in [2.45, 2.75) is 67.7 Å². The lowest BCUT2D eigenvalue weighted by atomic mass is 9.91. The zero-order chi connectivity index (χ0) is 20.3. The fraction of sp³-hybridized carbons (Fsp3) is 0.778. The Labute approximate surface area is 150 Å². The maximum atomic E-state index is 11.5. The molecule has 0 saturated heterocycles. The van der Waals surface area contributed by atoms with Gasteiger partial charge < -0.3 is 14.6 Å². The molecule has 0 spiro atoms. The first-order chi connectivity index (χ1) is 11.3. The van der Waals surface area contributed by atoms with Crippen molar-refractivity contribution in [3.63, 3.8) is 0 Å². The van der Waals surface area contributed by atoms with Crippen molar-refractivity contribution in [3.05, 3.63) is 0 Å². The zero-order valence-corrected chi connectivity index (χ0v) is 16.4. The van der Waals surface area contributed by atoms with Gasteiger partial charge in [-0.3, -0.25) is 19.2 Å². The molecule has 0 aromatic rings. The molecular formula is C18H32O7. The fourth-order valence-corrected chi connectivity index (χ4v) is 1.04. The predicted octanol–water partition coefficient (Wildman–Crippen LogP) is 3.00. The Morgan fingerprint density at radius 1 is 0.840 bits per heavy atom. The van der Waals surface area contributed by atoms with Crippen LogP contribution in [-0.2, 0) is 28.7 Å². The van der Waals surface area contributed by atoms with E-state index in [0.29, 0.717) is 12.8 Å². The van der Waals surface area contributed by atoms with Gasteiger partial charge in [-0.1, -0.05) is 13.8 Å². The van der Waals surface area contributed by atoms with Gasteiger partial charge in [-0.2, -0.15) is 0 Å². The van der Waals surface area contributed by atoms with E-state index in [1.165, 1.54) is 6.92 Å². The molecule has 0 aliphatic rings. The van der Waals surface area contributed by atoms with Crippen molar-refractivity contribution in [2.75, 3.05) is 13.2 Å². The summed E-state index contributed by atoms with van der Waals surface area (Å²) in [5.74, 6) is -1.88. The molecule has 0 radical (unpaired) electrons. The van der Waals surface area contributed by atoms with E-state index in [0.717, 1.165) is 0 Å². The minimum Gasteiger partial charge on any atom is -0.481 e. The largest absolute Gasteiger partial charge is 0.481 e. The van der Waals surface area contributed by atoms with Crippen molar-refractivity contribution >= 4 is 23.7 Å². The lowest BCUT2D eigenvalue weighted by Gasteiger charge is -2.20. The molecule has 0 bridgehead atoms. The smallest absolute Gasteiger partial charge is 0.313 e. The van der Waals surface area contributed by atoms with Crippen LogP contribution < -0.4 is 0 Å². The van der Waals surface area contributed by atoms with Crippen LogP contribution in [0.2, 0.25) is 0 Å². The number of ketones is 1. The number of carbonyl (C=O) groups is 4. The van der Waals surface area contributed by atoms with E-state index in [1.54, 1.807) is 27.7 Å². The van der Waals surface area contributed by atoms with Gasteiger partial charge in [0.25, 0.3) is 0 Å². The topological polar surface area (TPSA) is 107 Å². The number of hydrogen-bond donors (Lipinski definition) is 1. The number of carboxylic acid groups (broad SMARTS) is 1. The monoisotopic (exact) mass is 360 g/mol. The summed E-state index contributed by atoms with van der Waals surface area (Å²) in [7, 11) is 0. The second kappa shape index (κ2) is 11.6. The number of esters is 2. The second-order valence-electron chi connectivity index (χ2n) is 7.02. The minimum atomic E-state index is -0.722. The molecule has 0 amide bonds. The lowest BCUT2D eigenvalue weighted by molar-refractivity contribution is -0.159. The van der Waals surface area contributed by atoms with Gasteiger partial charge in [-0.05, 0) is 47.5 Å². The van der Waals surface area contributed by atoms with Gasteiger partial charge in [0, 0.05) is 0 Å². The highest BCUT2D eigenvalue weighted by Gasteiger charge is 2.27. The Morgan fingerprint density at radius 2 is 1.28 bits per heavy atom. The molecule has 0 fully saturated rings. The third kappa shape index (κ3) is 12.1. The number of rotatable bonds is 9. The summed E-state index contributed by atoms with van der Waals surface area (Å²) in [6, 6.07) is 0. The molecule has 7 heteroatoms. The van der Waals surface area contributed by atoms with Crippen molar-refractivity contribution in [2.24, 2.45) is 10.8 Å². The molecule has 0 aromatic carbocycles. The molecule has 1 N–H and O–H groups in total. The van der Waals surface area contributed by atoms with Gasteiger partial charge >= 0.3 is 17.9 Å². The maximum absolute atomic E-state index is 11.5. The molecule has 146 valence electrons. The molecular weight excluding hydrogens is 328 g/mol. The van der Waals surface area contributed by atoms with E-state index in [9.17, 15) is 19.2 Å². The third-order valence-electron chi connectivity index (χ3n) is 3.87. The first-order valence-electron chi connectivity index (χ1n) is 8.35. The van der Waals surface area contributed by atoms with Crippen LogP contribution in [-0.4, -0.2) is 42.0 Å². The van der Waals surface area contributed by atoms with Crippen molar-refractivity contribution in [1.82, 2.24) is 0 Å². The van der Waals surface area contributed by atoms with Crippen LogP contribution in [0.1, 0.15) is 67.7 Å². The van der Waals surface area contributed by atoms with Crippen LogP contribution in [0.15, 0.2) is 0 Å². The van der Waals surface area contributed by atoms with Crippen LogP contribution in [0, 0.1) is 10.8 Å². The van der Waals surface area contributed by atoms with Gasteiger partial charge in [0.1, 0.15) is 25.4 Å². The van der Waals surface area contributed by atoms with Crippen molar-refractivity contribution in [1.29, 1.82) is 0 Å². The molecule has 0 rings (SSSR count). The number of Topliss-reactive ketones (excluding diaryl/α,β-unsaturated/α-hetero) is 1. The Balaban J connectivity index is 0. The van der Waals surface area contributed by atoms with E-state index in [-0.39, 0.29) is 31.4 Å². The summed E-state index contributed by atoms with van der Waals surface area (Å²) < 4.78 is 9.66. The SMILES string of the molecule is CCC(C)(C)C(=O)O.CCC(C)(C)C(=O)OCCOC(=O)CC(C)=O. The third-order valence-corrected chi connectivity index (χ3v) is 3.87. The van der Waals surface area contributed by atoms with Gasteiger partial charge in [0.15, 0.2) is 0 Å². The zero-order valence-electron chi connectivity index (χ0n) is 16.4. The van der Waals surface area contributed by atoms with Crippen LogP contribution in [0.4, 0.5) is 0 Å². The molecule has 25 heavy (non-hydrogen) atoms. The highest BCUT2D eigenvalue weighted by atomic mass is 16.6. The first kappa shape index (κ1) is 25.3. The summed E-state index contributed by atoms with van der Waals surface area (Å²) in [6.45, 7) is 12.1. The van der Waals surface area contributed by atoms with Crippen LogP contribution in [0.5, 0.6) is 0 Å². The quantitative estimate of drug-likeness (QED) is 0.382. The summed E-state index contributed by atoms with van der Waals surface area (Å²) in [5.41, 5.74) is -1.07. The summed E-state index contributed by atoms with van der Waals surface area (Å²) >= 11 is 0. The van der Waals surface area contributed by atoms with Crippen molar-refractivity contribution < 1.29 is 33.8 Å². The molecule has 7 nitrogen and oxygen atoms in total. The average Bonchev–Trinajstić information content (AvgIpc) is 2.50. The normalized spacial score (nSPS) is 11.0. The number of carbonyl (C=O) groups excluding carboxylic acids is 3. The summed E-state index contributed by atoms with van der Waals surface area (Å²) in [4.78, 5) is 43.3. The minimum absolute atomic E-state index is 0.0162. The highest BCUT2D eigenvalue weighted by molar-refractivity contribution is 5.94. The molecule has 0 unspecified atom stereocenters. The molecule has 0 aliphatic heterocycles. The average molecular weight is 360 g/mol. The van der Waals surface area contributed by atoms with Gasteiger partial charge in [0.2, 0.25) is 0 Å².